The fraction of sp³-hybridized carbons (Fsp3) is 0.333. The van der Waals surface area contributed by atoms with Crippen LogP contribution in [0.5, 0.6) is 0 Å². The number of carbonyl (C=O) groups excluding carboxylic acids is 1. The van der Waals surface area contributed by atoms with Gasteiger partial charge >= 0.3 is 0 Å². The van der Waals surface area contributed by atoms with E-state index in [1.54, 1.807) is 6.92 Å². The summed E-state index contributed by atoms with van der Waals surface area (Å²) < 4.78 is 0. The van der Waals surface area contributed by atoms with Crippen LogP contribution in [0.2, 0.25) is 0 Å². The lowest BCUT2D eigenvalue weighted by atomic mass is 10.0. The molecule has 0 heterocycles. The van der Waals surface area contributed by atoms with E-state index in [1.165, 1.54) is 0 Å². The molecule has 1 rings (SSSR count). The number of anilines is 1. The highest BCUT2D eigenvalue weighted by molar-refractivity contribution is 7.81. The Balaban J connectivity index is 2.94. The summed E-state index contributed by atoms with van der Waals surface area (Å²) in [5.74, 6) is -0.0674. The molecule has 4 heteroatoms. The number of allylic oxidation sites excluding steroid dienone is 1. The predicted molar refractivity (Wildman–Crippen MR) is 82.5 cm³/mol. The number of para-hydroxylation sites is 1. The Hall–Kier alpha value is -1.68. The van der Waals surface area contributed by atoms with Crippen molar-refractivity contribution in [3.63, 3.8) is 0 Å². The predicted octanol–water partition coefficient (Wildman–Crippen LogP) is 4.02. The van der Waals surface area contributed by atoms with Crippen LogP contribution in [-0.2, 0) is 4.79 Å². The first kappa shape index (κ1) is 15.4. The third-order valence-corrected chi connectivity index (χ3v) is 2.94. The Kier molecular flexibility index (Phi) is 6.22. The lowest BCUT2D eigenvalue weighted by Crippen LogP contribution is -2.20. The van der Waals surface area contributed by atoms with Gasteiger partial charge in [0.1, 0.15) is 10.7 Å². The maximum Gasteiger partial charge on any atom is 0.169 e. The quantitative estimate of drug-likeness (QED) is 0.468. The van der Waals surface area contributed by atoms with E-state index in [4.69, 9.17) is 12.2 Å². The number of aliphatic hydroxyl groups is 1. The van der Waals surface area contributed by atoms with Gasteiger partial charge in [-0.15, -0.1) is 0 Å². The minimum atomic E-state index is -0.115. The Bertz CT molecular complexity index is 480. The molecule has 19 heavy (non-hydrogen) atoms. The van der Waals surface area contributed by atoms with Gasteiger partial charge < -0.3 is 10.4 Å². The number of nitrogens with one attached hydrogen (secondary N) is 1. The van der Waals surface area contributed by atoms with Crippen LogP contribution in [0.1, 0.15) is 33.1 Å². The normalized spacial score (nSPS) is 11.7. The first-order chi connectivity index (χ1) is 9.10. The summed E-state index contributed by atoms with van der Waals surface area (Å²) in [6, 6.07) is 9.37. The van der Waals surface area contributed by atoms with Gasteiger partial charge in [0, 0.05) is 18.5 Å². The standard InChI is InChI=1S/C15H19NO2S/c1-3-8-13(18)14(12(17)4-2)15(19)16-11-9-6-5-7-10-11/h5-7,9-10,17H,3-4,8H2,1-2H3,(H,16,19). The highest BCUT2D eigenvalue weighted by Gasteiger charge is 2.18. The fourth-order valence-electron chi connectivity index (χ4n) is 1.66. The number of Topliss-reactive ketones (excluding diaryl/α,β-unsaturated/α-hetero) is 1. The van der Waals surface area contributed by atoms with Gasteiger partial charge in [0.2, 0.25) is 0 Å². The zero-order valence-electron chi connectivity index (χ0n) is 11.3. The summed E-state index contributed by atoms with van der Waals surface area (Å²) in [7, 11) is 0. The van der Waals surface area contributed by atoms with Crippen LogP contribution in [0.25, 0.3) is 0 Å². The van der Waals surface area contributed by atoms with Crippen molar-refractivity contribution in [1.82, 2.24) is 0 Å². The van der Waals surface area contributed by atoms with Crippen molar-refractivity contribution >= 4 is 28.7 Å². The number of aliphatic hydroxyl groups excluding tert-OH is 1. The molecule has 0 amide bonds. The van der Waals surface area contributed by atoms with Crippen molar-refractivity contribution in [2.24, 2.45) is 0 Å². The summed E-state index contributed by atoms with van der Waals surface area (Å²) in [5.41, 5.74) is 1.04. The van der Waals surface area contributed by atoms with Crippen LogP contribution in [-0.4, -0.2) is 15.9 Å². The molecule has 0 fully saturated rings. The van der Waals surface area contributed by atoms with E-state index in [0.717, 1.165) is 12.1 Å². The Morgan fingerprint density at radius 3 is 2.42 bits per heavy atom. The molecule has 3 nitrogen and oxygen atoms in total. The van der Waals surface area contributed by atoms with E-state index < -0.39 is 0 Å². The number of hydrogen-bond acceptors (Lipinski definition) is 3. The Morgan fingerprint density at radius 2 is 1.89 bits per heavy atom. The molecular formula is C15H19NO2S. The molecule has 0 radical (unpaired) electrons. The molecule has 0 aliphatic rings. The fourth-order valence-corrected chi connectivity index (χ4v) is 2.01. The summed E-state index contributed by atoms with van der Waals surface area (Å²) in [6.45, 7) is 3.71. The van der Waals surface area contributed by atoms with Crippen LogP contribution in [0, 0.1) is 0 Å². The van der Waals surface area contributed by atoms with Crippen LogP contribution in [0.15, 0.2) is 41.7 Å². The average Bonchev–Trinajstić information content (AvgIpc) is 2.40. The van der Waals surface area contributed by atoms with Gasteiger partial charge in [0.15, 0.2) is 5.78 Å². The molecule has 0 aliphatic heterocycles. The maximum atomic E-state index is 12.0. The van der Waals surface area contributed by atoms with Crippen LogP contribution in [0.3, 0.4) is 0 Å². The number of thiocarbonyl (C=S) groups is 1. The molecule has 0 saturated heterocycles. The van der Waals surface area contributed by atoms with Gasteiger partial charge in [-0.2, -0.15) is 0 Å². The average molecular weight is 277 g/mol. The van der Waals surface area contributed by atoms with E-state index in [2.05, 4.69) is 5.32 Å². The number of benzene rings is 1. The summed E-state index contributed by atoms with van der Waals surface area (Å²) in [4.78, 5) is 12.3. The molecular weight excluding hydrogens is 258 g/mol. The molecule has 0 bridgehead atoms. The second-order valence-electron chi connectivity index (χ2n) is 4.17. The van der Waals surface area contributed by atoms with Crippen molar-refractivity contribution in [1.29, 1.82) is 0 Å². The Morgan fingerprint density at radius 1 is 1.26 bits per heavy atom. The van der Waals surface area contributed by atoms with Crippen LogP contribution in [0.4, 0.5) is 5.69 Å². The molecule has 0 unspecified atom stereocenters. The van der Waals surface area contributed by atoms with Crippen LogP contribution < -0.4 is 5.32 Å². The second-order valence-corrected chi connectivity index (χ2v) is 4.58. The highest BCUT2D eigenvalue weighted by Crippen LogP contribution is 2.15. The van der Waals surface area contributed by atoms with Crippen molar-refractivity contribution in [2.75, 3.05) is 5.32 Å². The van der Waals surface area contributed by atoms with Crippen molar-refractivity contribution in [2.45, 2.75) is 33.1 Å². The zero-order valence-corrected chi connectivity index (χ0v) is 12.1. The van der Waals surface area contributed by atoms with Crippen LogP contribution >= 0.6 is 12.2 Å². The number of rotatable bonds is 6. The van der Waals surface area contributed by atoms with Gasteiger partial charge in [-0.1, -0.05) is 44.3 Å². The number of carbonyl (C=O) groups is 1. The highest BCUT2D eigenvalue weighted by atomic mass is 32.1. The Labute approximate surface area is 119 Å². The van der Waals surface area contributed by atoms with Gasteiger partial charge in [-0.25, -0.2) is 0 Å². The smallest absolute Gasteiger partial charge is 0.169 e. The first-order valence-electron chi connectivity index (χ1n) is 6.41. The van der Waals surface area contributed by atoms with E-state index in [-0.39, 0.29) is 22.1 Å². The van der Waals surface area contributed by atoms with E-state index in [1.807, 2.05) is 37.3 Å². The van der Waals surface area contributed by atoms with Crippen molar-refractivity contribution < 1.29 is 9.90 Å². The lowest BCUT2D eigenvalue weighted by molar-refractivity contribution is -0.115. The van der Waals surface area contributed by atoms with Crippen molar-refractivity contribution in [3.05, 3.63) is 41.7 Å². The summed E-state index contributed by atoms with van der Waals surface area (Å²) in [6.07, 6.45) is 1.50. The first-order valence-corrected chi connectivity index (χ1v) is 6.82. The molecule has 2 N–H and O–H groups in total. The molecule has 0 atom stereocenters. The largest absolute Gasteiger partial charge is 0.511 e. The minimum absolute atomic E-state index is 0.0480. The SMILES string of the molecule is CCCC(=O)C(C(=S)Nc1ccccc1)=C(O)CC. The number of ketones is 1. The third-order valence-electron chi connectivity index (χ3n) is 2.64. The van der Waals surface area contributed by atoms with Gasteiger partial charge in [-0.05, 0) is 18.6 Å². The molecule has 0 spiro atoms. The van der Waals surface area contributed by atoms with E-state index in [0.29, 0.717) is 12.8 Å². The molecule has 0 aromatic heterocycles. The summed E-state index contributed by atoms with van der Waals surface area (Å²) >= 11 is 5.24. The molecule has 1 aromatic rings. The van der Waals surface area contributed by atoms with Crippen molar-refractivity contribution in [3.8, 4) is 0 Å². The number of hydrogen-bond donors (Lipinski definition) is 2. The second kappa shape index (κ2) is 7.69. The van der Waals surface area contributed by atoms with Gasteiger partial charge in [0.25, 0.3) is 0 Å². The van der Waals surface area contributed by atoms with E-state index in [9.17, 15) is 9.90 Å². The monoisotopic (exact) mass is 277 g/mol. The third kappa shape index (κ3) is 4.48. The minimum Gasteiger partial charge on any atom is -0.511 e. The van der Waals surface area contributed by atoms with Gasteiger partial charge in [-0.3, -0.25) is 4.79 Å². The summed E-state index contributed by atoms with van der Waals surface area (Å²) in [5, 5.41) is 12.9. The lowest BCUT2D eigenvalue weighted by Gasteiger charge is -2.12. The maximum absolute atomic E-state index is 12.0. The molecule has 0 aliphatic carbocycles. The zero-order chi connectivity index (χ0) is 14.3. The molecule has 0 saturated carbocycles. The molecule has 102 valence electrons. The molecule has 1 aromatic carbocycles. The van der Waals surface area contributed by atoms with Gasteiger partial charge in [0.05, 0.1) is 5.57 Å². The van der Waals surface area contributed by atoms with E-state index >= 15 is 0 Å². The topological polar surface area (TPSA) is 49.3 Å².